The molecule has 1 rings (SSSR count). The van der Waals surface area contributed by atoms with Crippen molar-refractivity contribution in [2.24, 2.45) is 0 Å². The number of alkyl halides is 3. The first-order chi connectivity index (χ1) is 8.13. The Morgan fingerprint density at radius 3 is 2.61 bits per heavy atom. The molecule has 1 N–H and O–H groups in total. The molecule has 0 saturated carbocycles. The molecule has 1 atom stereocenters. The van der Waals surface area contributed by atoms with E-state index in [0.717, 1.165) is 4.90 Å². The first-order valence-electron chi connectivity index (χ1n) is 4.68. The molecule has 0 spiro atoms. The lowest BCUT2D eigenvalue weighted by Gasteiger charge is -2.30. The van der Waals surface area contributed by atoms with Gasteiger partial charge in [0.25, 0.3) is 0 Å². The maximum atomic E-state index is 11.9. The van der Waals surface area contributed by atoms with Crippen LogP contribution in [0.4, 0.5) is 18.0 Å². The molecule has 1 heterocycles. The zero-order valence-corrected chi connectivity index (χ0v) is 9.70. The monoisotopic (exact) mass is 293 g/mol. The number of hydrogen-bond acceptors (Lipinski definition) is 5. The minimum absolute atomic E-state index is 0.0353. The third-order valence-electron chi connectivity index (χ3n) is 2.10. The van der Waals surface area contributed by atoms with Crippen molar-refractivity contribution >= 4 is 16.2 Å². The van der Waals surface area contributed by atoms with Gasteiger partial charge in [0.2, 0.25) is 0 Å². The number of rotatable bonds is 3. The van der Waals surface area contributed by atoms with E-state index in [1.54, 1.807) is 0 Å². The maximum Gasteiger partial charge on any atom is 0.523 e. The van der Waals surface area contributed by atoms with Crippen molar-refractivity contribution in [2.45, 2.75) is 11.6 Å². The number of carbonyl (C=O) groups is 1. The summed E-state index contributed by atoms with van der Waals surface area (Å²) in [7, 11) is -5.68. The largest absolute Gasteiger partial charge is 0.523 e. The van der Waals surface area contributed by atoms with Crippen LogP contribution in [0.3, 0.4) is 0 Å². The van der Waals surface area contributed by atoms with Crippen LogP contribution in [-0.2, 0) is 19.0 Å². The van der Waals surface area contributed by atoms with Crippen molar-refractivity contribution in [1.29, 1.82) is 0 Å². The standard InChI is InChI=1S/C7H10F3NO6S/c8-7(9,10)18(14,15)17-4-5-3-11(6(12)13)1-2-16-5/h5H,1-4H2,(H,12,13)/t5-/m0/s1. The van der Waals surface area contributed by atoms with E-state index in [-0.39, 0.29) is 19.7 Å². The molecule has 106 valence electrons. The fraction of sp³-hybridized carbons (Fsp3) is 0.857. The van der Waals surface area contributed by atoms with E-state index in [0.29, 0.717) is 0 Å². The molecular formula is C7H10F3NO6S. The van der Waals surface area contributed by atoms with Gasteiger partial charge in [0.1, 0.15) is 6.10 Å². The normalized spacial score (nSPS) is 21.9. The number of morpholine rings is 1. The Hall–Kier alpha value is -1.07. The second-order valence-corrected chi connectivity index (χ2v) is 5.01. The fourth-order valence-corrected chi connectivity index (χ4v) is 1.69. The SMILES string of the molecule is O=C(O)N1CCO[C@H](COS(=O)(=O)C(F)(F)F)C1. The highest BCUT2D eigenvalue weighted by molar-refractivity contribution is 7.87. The molecule has 0 bridgehead atoms. The highest BCUT2D eigenvalue weighted by Gasteiger charge is 2.47. The molecule has 1 amide bonds. The Bertz CT molecular complexity index is 408. The summed E-state index contributed by atoms with van der Waals surface area (Å²) in [4.78, 5) is 11.5. The minimum Gasteiger partial charge on any atom is -0.465 e. The molecule has 0 aromatic heterocycles. The predicted octanol–water partition coefficient (Wildman–Crippen LogP) is 0.231. The number of ether oxygens (including phenoxy) is 1. The lowest BCUT2D eigenvalue weighted by Crippen LogP contribution is -2.47. The van der Waals surface area contributed by atoms with E-state index in [4.69, 9.17) is 9.84 Å². The molecule has 11 heteroatoms. The second kappa shape index (κ2) is 5.28. The quantitative estimate of drug-likeness (QED) is 0.591. The average molecular weight is 293 g/mol. The van der Waals surface area contributed by atoms with Crippen molar-refractivity contribution in [3.05, 3.63) is 0 Å². The van der Waals surface area contributed by atoms with Crippen LogP contribution < -0.4 is 0 Å². The molecule has 0 aliphatic carbocycles. The third-order valence-corrected chi connectivity index (χ3v) is 3.12. The number of amides is 1. The molecule has 7 nitrogen and oxygen atoms in total. The Kier molecular flexibility index (Phi) is 4.40. The highest BCUT2D eigenvalue weighted by Crippen LogP contribution is 2.25. The van der Waals surface area contributed by atoms with E-state index >= 15 is 0 Å². The van der Waals surface area contributed by atoms with E-state index in [1.807, 2.05) is 0 Å². The summed E-state index contributed by atoms with van der Waals surface area (Å²) in [6.45, 7) is -1.10. The van der Waals surface area contributed by atoms with Gasteiger partial charge >= 0.3 is 21.7 Å². The van der Waals surface area contributed by atoms with Gasteiger partial charge in [-0.3, -0.25) is 4.18 Å². The zero-order chi connectivity index (χ0) is 14.0. The van der Waals surface area contributed by atoms with Crippen molar-refractivity contribution in [2.75, 3.05) is 26.3 Å². The van der Waals surface area contributed by atoms with Crippen LogP contribution in [0.25, 0.3) is 0 Å². The Morgan fingerprint density at radius 1 is 1.50 bits per heavy atom. The van der Waals surface area contributed by atoms with Crippen molar-refractivity contribution in [3.8, 4) is 0 Å². The van der Waals surface area contributed by atoms with Crippen LogP contribution in [0.15, 0.2) is 0 Å². The van der Waals surface area contributed by atoms with E-state index in [2.05, 4.69) is 4.18 Å². The number of halogens is 3. The maximum absolute atomic E-state index is 11.9. The highest BCUT2D eigenvalue weighted by atomic mass is 32.2. The van der Waals surface area contributed by atoms with Gasteiger partial charge in [-0.2, -0.15) is 21.6 Å². The summed E-state index contributed by atoms with van der Waals surface area (Å²) in [6.07, 6.45) is -2.31. The van der Waals surface area contributed by atoms with Gasteiger partial charge in [-0.25, -0.2) is 4.79 Å². The summed E-state index contributed by atoms with van der Waals surface area (Å²) < 4.78 is 65.6. The van der Waals surface area contributed by atoms with Crippen molar-refractivity contribution in [1.82, 2.24) is 4.90 Å². The average Bonchev–Trinajstić information content (AvgIpc) is 2.25. The van der Waals surface area contributed by atoms with Gasteiger partial charge in [0.05, 0.1) is 19.8 Å². The van der Waals surface area contributed by atoms with Gasteiger partial charge in [0.15, 0.2) is 0 Å². The molecule has 1 saturated heterocycles. The second-order valence-electron chi connectivity index (χ2n) is 3.41. The molecule has 0 aromatic rings. The molecule has 0 unspecified atom stereocenters. The lowest BCUT2D eigenvalue weighted by molar-refractivity contribution is -0.0668. The molecule has 0 radical (unpaired) electrons. The topological polar surface area (TPSA) is 93.1 Å². The van der Waals surface area contributed by atoms with Crippen LogP contribution in [0.2, 0.25) is 0 Å². The minimum atomic E-state index is -5.68. The lowest BCUT2D eigenvalue weighted by atomic mass is 10.3. The zero-order valence-electron chi connectivity index (χ0n) is 8.88. The molecule has 0 aromatic carbocycles. The van der Waals surface area contributed by atoms with Crippen LogP contribution in [0.5, 0.6) is 0 Å². The molecular weight excluding hydrogens is 283 g/mol. The Labute approximate surface area is 100 Å². The van der Waals surface area contributed by atoms with Gasteiger partial charge in [-0.1, -0.05) is 0 Å². The van der Waals surface area contributed by atoms with Crippen LogP contribution >= 0.6 is 0 Å². The first-order valence-corrected chi connectivity index (χ1v) is 6.09. The van der Waals surface area contributed by atoms with Gasteiger partial charge < -0.3 is 14.7 Å². The molecule has 1 aliphatic heterocycles. The van der Waals surface area contributed by atoms with Crippen molar-refractivity contribution < 1.29 is 40.4 Å². The van der Waals surface area contributed by atoms with Gasteiger partial charge in [-0.15, -0.1) is 0 Å². The Balaban J connectivity index is 2.52. The number of nitrogens with zero attached hydrogens (tertiary/aromatic N) is 1. The summed E-state index contributed by atoms with van der Waals surface area (Å²) in [6, 6.07) is 0. The van der Waals surface area contributed by atoms with Crippen molar-refractivity contribution in [3.63, 3.8) is 0 Å². The molecule has 18 heavy (non-hydrogen) atoms. The predicted molar refractivity (Wildman–Crippen MR) is 50.3 cm³/mol. The number of carboxylic acid groups (broad SMARTS) is 1. The summed E-state index contributed by atoms with van der Waals surface area (Å²) in [5.74, 6) is 0. The van der Waals surface area contributed by atoms with Crippen LogP contribution in [0.1, 0.15) is 0 Å². The summed E-state index contributed by atoms with van der Waals surface area (Å²) >= 11 is 0. The van der Waals surface area contributed by atoms with E-state index in [9.17, 15) is 26.4 Å². The summed E-state index contributed by atoms with van der Waals surface area (Å²) in [5.41, 5.74) is -5.51. The van der Waals surface area contributed by atoms with Crippen LogP contribution in [0, 0.1) is 0 Å². The fourth-order valence-electron chi connectivity index (χ4n) is 1.23. The first kappa shape index (κ1) is 15.0. The molecule has 1 aliphatic rings. The van der Waals surface area contributed by atoms with E-state index in [1.165, 1.54) is 0 Å². The van der Waals surface area contributed by atoms with Gasteiger partial charge in [0, 0.05) is 6.54 Å². The number of hydrogen-bond donors (Lipinski definition) is 1. The summed E-state index contributed by atoms with van der Waals surface area (Å²) in [5, 5.41) is 8.64. The van der Waals surface area contributed by atoms with Gasteiger partial charge in [-0.05, 0) is 0 Å². The van der Waals surface area contributed by atoms with Crippen LogP contribution in [-0.4, -0.2) is 62.4 Å². The molecule has 1 fully saturated rings. The Morgan fingerprint density at radius 2 is 2.11 bits per heavy atom. The smallest absolute Gasteiger partial charge is 0.465 e. The van der Waals surface area contributed by atoms with E-state index < -0.39 is 34.4 Å². The third kappa shape index (κ3) is 3.71.